The molecule has 0 aliphatic carbocycles. The second kappa shape index (κ2) is 10.1. The molecule has 4 nitrogen and oxygen atoms in total. The molecule has 1 amide bonds. The lowest BCUT2D eigenvalue weighted by Gasteiger charge is -2.11. The smallest absolute Gasteiger partial charge is 0.234 e. The molecular formula is C25H19ClN2O2S2. The van der Waals surface area contributed by atoms with Crippen molar-refractivity contribution in [3.05, 3.63) is 99.9 Å². The van der Waals surface area contributed by atoms with Crippen molar-refractivity contribution in [3.8, 4) is 11.3 Å². The van der Waals surface area contributed by atoms with Crippen molar-refractivity contribution < 1.29 is 9.59 Å². The number of hydrogen-bond donors (Lipinski definition) is 1. The number of carbonyl (C=O) groups is 2. The van der Waals surface area contributed by atoms with Gasteiger partial charge in [-0.2, -0.15) is 0 Å². The third kappa shape index (κ3) is 5.46. The van der Waals surface area contributed by atoms with E-state index in [2.05, 4.69) is 22.4 Å². The predicted molar refractivity (Wildman–Crippen MR) is 133 cm³/mol. The number of nitrogens with zero attached hydrogens (tertiary/aromatic N) is 1. The first-order chi connectivity index (χ1) is 15.5. The van der Waals surface area contributed by atoms with Gasteiger partial charge in [0.15, 0.2) is 10.1 Å². The molecule has 0 saturated heterocycles. The van der Waals surface area contributed by atoms with E-state index >= 15 is 0 Å². The molecule has 1 heterocycles. The summed E-state index contributed by atoms with van der Waals surface area (Å²) in [5.74, 6) is -0.229. The van der Waals surface area contributed by atoms with Gasteiger partial charge in [0.05, 0.1) is 17.1 Å². The number of thioether (sulfide) groups is 1. The van der Waals surface area contributed by atoms with Crippen molar-refractivity contribution in [1.82, 2.24) is 4.98 Å². The Labute approximate surface area is 199 Å². The Morgan fingerprint density at radius 3 is 2.53 bits per heavy atom. The average Bonchev–Trinajstić information content (AvgIpc) is 3.28. The van der Waals surface area contributed by atoms with Crippen molar-refractivity contribution in [3.63, 3.8) is 0 Å². The number of hydrogen-bond acceptors (Lipinski definition) is 5. The number of benzene rings is 3. The number of nitrogens with one attached hydrogen (secondary N) is 1. The molecule has 1 N–H and O–H groups in total. The molecule has 0 unspecified atom stereocenters. The number of aromatic nitrogens is 1. The fourth-order valence-corrected chi connectivity index (χ4v) is 4.86. The lowest BCUT2D eigenvalue weighted by Crippen LogP contribution is -2.17. The van der Waals surface area contributed by atoms with Crippen molar-refractivity contribution in [1.29, 1.82) is 0 Å². The van der Waals surface area contributed by atoms with Crippen LogP contribution in [-0.4, -0.2) is 22.4 Å². The van der Waals surface area contributed by atoms with Crippen molar-refractivity contribution in [2.45, 2.75) is 11.3 Å². The Hall–Kier alpha value is -2.93. The highest BCUT2D eigenvalue weighted by atomic mass is 35.5. The molecule has 4 rings (SSSR count). The molecule has 0 fully saturated rings. The number of aryl methyl sites for hydroxylation is 1. The number of rotatable bonds is 7. The minimum absolute atomic E-state index is 0.183. The summed E-state index contributed by atoms with van der Waals surface area (Å²) < 4.78 is 0.812. The minimum atomic E-state index is -0.216. The quantitative estimate of drug-likeness (QED) is 0.236. The van der Waals surface area contributed by atoms with Crippen LogP contribution in [0.25, 0.3) is 11.3 Å². The van der Waals surface area contributed by atoms with Gasteiger partial charge in [0.2, 0.25) is 5.91 Å². The van der Waals surface area contributed by atoms with Gasteiger partial charge < -0.3 is 5.32 Å². The first-order valence-electron chi connectivity index (χ1n) is 9.84. The average molecular weight is 479 g/mol. The van der Waals surface area contributed by atoms with E-state index < -0.39 is 0 Å². The van der Waals surface area contributed by atoms with Gasteiger partial charge in [-0.3, -0.25) is 9.59 Å². The Kier molecular flexibility index (Phi) is 7.05. The summed E-state index contributed by atoms with van der Waals surface area (Å²) in [7, 11) is 0. The van der Waals surface area contributed by atoms with E-state index in [1.807, 2.05) is 30.5 Å². The van der Waals surface area contributed by atoms with Gasteiger partial charge in [0.1, 0.15) is 0 Å². The van der Waals surface area contributed by atoms with Gasteiger partial charge in [-0.15, -0.1) is 11.3 Å². The SMILES string of the molecule is Cc1ccc(-c2csc(SCC(=O)Nc3ccc(Cl)cc3C(=O)c3ccccc3)n2)cc1. The summed E-state index contributed by atoms with van der Waals surface area (Å²) in [6.07, 6.45) is 0. The molecule has 0 bridgehead atoms. The molecule has 0 aliphatic heterocycles. The van der Waals surface area contributed by atoms with Crippen LogP contribution in [-0.2, 0) is 4.79 Å². The normalized spacial score (nSPS) is 10.7. The van der Waals surface area contributed by atoms with E-state index in [0.717, 1.165) is 15.6 Å². The van der Waals surface area contributed by atoms with Crippen LogP contribution < -0.4 is 5.32 Å². The lowest BCUT2D eigenvalue weighted by atomic mass is 10.0. The van der Waals surface area contributed by atoms with Crippen LogP contribution in [0.3, 0.4) is 0 Å². The van der Waals surface area contributed by atoms with Crippen LogP contribution in [0.15, 0.2) is 82.5 Å². The fourth-order valence-electron chi connectivity index (χ4n) is 3.05. The van der Waals surface area contributed by atoms with Gasteiger partial charge in [-0.05, 0) is 25.1 Å². The van der Waals surface area contributed by atoms with E-state index in [4.69, 9.17) is 11.6 Å². The van der Waals surface area contributed by atoms with Crippen molar-refractivity contribution in [2.24, 2.45) is 0 Å². The second-order valence-electron chi connectivity index (χ2n) is 7.09. The van der Waals surface area contributed by atoms with Crippen molar-refractivity contribution >= 4 is 52.1 Å². The van der Waals surface area contributed by atoms with Crippen LogP contribution in [0.5, 0.6) is 0 Å². The van der Waals surface area contributed by atoms with E-state index in [1.165, 1.54) is 28.7 Å². The van der Waals surface area contributed by atoms with Crippen LogP contribution in [0.4, 0.5) is 5.69 Å². The molecule has 4 aromatic rings. The third-order valence-corrected chi connectivity index (χ3v) is 6.95. The van der Waals surface area contributed by atoms with Gasteiger partial charge in [0, 0.05) is 27.1 Å². The number of anilines is 1. The standard InChI is InChI=1S/C25H19ClN2O2S2/c1-16-7-9-17(10-8-16)22-14-31-25(28-22)32-15-23(29)27-21-12-11-19(26)13-20(21)24(30)18-5-3-2-4-6-18/h2-14H,15H2,1H3,(H,27,29). The van der Waals surface area contributed by atoms with E-state index in [9.17, 15) is 9.59 Å². The number of thiazole rings is 1. The van der Waals surface area contributed by atoms with Crippen LogP contribution in [0.1, 0.15) is 21.5 Å². The molecule has 7 heteroatoms. The number of carbonyl (C=O) groups excluding carboxylic acids is 2. The van der Waals surface area contributed by atoms with E-state index in [-0.39, 0.29) is 17.4 Å². The maximum Gasteiger partial charge on any atom is 0.234 e. The molecule has 0 spiro atoms. The minimum Gasteiger partial charge on any atom is -0.325 e. The number of ketones is 1. The summed E-state index contributed by atoms with van der Waals surface area (Å²) >= 11 is 8.98. The highest BCUT2D eigenvalue weighted by Crippen LogP contribution is 2.29. The van der Waals surface area contributed by atoms with Crippen LogP contribution in [0, 0.1) is 6.92 Å². The summed E-state index contributed by atoms with van der Waals surface area (Å²) in [6, 6.07) is 22.0. The Bertz CT molecular complexity index is 1250. The molecule has 0 atom stereocenters. The van der Waals surface area contributed by atoms with Crippen molar-refractivity contribution in [2.75, 3.05) is 11.1 Å². The maximum absolute atomic E-state index is 12.9. The second-order valence-corrected chi connectivity index (χ2v) is 9.60. The zero-order chi connectivity index (χ0) is 22.5. The predicted octanol–water partition coefficient (Wildman–Crippen LogP) is 6.73. The maximum atomic E-state index is 12.9. The molecule has 1 aromatic heterocycles. The van der Waals surface area contributed by atoms with E-state index in [1.54, 1.807) is 42.5 Å². The molecule has 0 radical (unpaired) electrons. The topological polar surface area (TPSA) is 59.1 Å². The summed E-state index contributed by atoms with van der Waals surface area (Å²) in [4.78, 5) is 30.1. The Balaban J connectivity index is 1.43. The molecule has 0 saturated carbocycles. The monoisotopic (exact) mass is 478 g/mol. The largest absolute Gasteiger partial charge is 0.325 e. The first-order valence-corrected chi connectivity index (χ1v) is 12.1. The van der Waals surface area contributed by atoms with Crippen LogP contribution in [0.2, 0.25) is 5.02 Å². The van der Waals surface area contributed by atoms with Gasteiger partial charge in [0.25, 0.3) is 0 Å². The number of halogens is 1. The first kappa shape index (κ1) is 22.3. The van der Waals surface area contributed by atoms with Gasteiger partial charge in [-0.1, -0.05) is 83.5 Å². The lowest BCUT2D eigenvalue weighted by molar-refractivity contribution is -0.113. The molecule has 3 aromatic carbocycles. The van der Waals surface area contributed by atoms with Gasteiger partial charge >= 0.3 is 0 Å². The summed E-state index contributed by atoms with van der Waals surface area (Å²) in [5.41, 5.74) is 4.47. The highest BCUT2D eigenvalue weighted by Gasteiger charge is 2.16. The van der Waals surface area contributed by atoms with Gasteiger partial charge in [-0.25, -0.2) is 4.98 Å². The molecule has 160 valence electrons. The fraction of sp³-hybridized carbons (Fsp3) is 0.0800. The zero-order valence-electron chi connectivity index (χ0n) is 17.2. The third-order valence-electron chi connectivity index (χ3n) is 4.69. The summed E-state index contributed by atoms with van der Waals surface area (Å²) in [6.45, 7) is 2.05. The summed E-state index contributed by atoms with van der Waals surface area (Å²) in [5, 5.41) is 5.26. The number of amides is 1. The molecular weight excluding hydrogens is 460 g/mol. The van der Waals surface area contributed by atoms with E-state index in [0.29, 0.717) is 21.8 Å². The van der Waals surface area contributed by atoms with Crippen LogP contribution >= 0.6 is 34.7 Å². The highest BCUT2D eigenvalue weighted by molar-refractivity contribution is 8.01. The Morgan fingerprint density at radius 1 is 1.03 bits per heavy atom. The molecule has 32 heavy (non-hydrogen) atoms. The Morgan fingerprint density at radius 2 is 1.78 bits per heavy atom. The zero-order valence-corrected chi connectivity index (χ0v) is 19.6. The molecule has 0 aliphatic rings.